The van der Waals surface area contributed by atoms with Crippen LogP contribution in [0.4, 0.5) is 4.39 Å². The van der Waals surface area contributed by atoms with Crippen LogP contribution in [0.5, 0.6) is 0 Å². The van der Waals surface area contributed by atoms with Gasteiger partial charge in [-0.05, 0) is 56.0 Å². The molecule has 1 saturated heterocycles. The molecule has 1 N–H and O–H groups in total. The standard InChI is InChI=1S/C13H18FN/c1-10-5-6-12(14)8-11(10)9-13-4-2-3-7-15-13/h5-6,8,13,15H,2-4,7,9H2,1H3. The molecule has 1 atom stereocenters. The fourth-order valence-electron chi connectivity index (χ4n) is 2.22. The first-order valence-corrected chi connectivity index (χ1v) is 5.74. The van der Waals surface area contributed by atoms with Crippen molar-refractivity contribution < 1.29 is 4.39 Å². The van der Waals surface area contributed by atoms with Crippen molar-refractivity contribution in [2.45, 2.75) is 38.6 Å². The zero-order valence-electron chi connectivity index (χ0n) is 9.22. The quantitative estimate of drug-likeness (QED) is 0.786. The second-order valence-corrected chi connectivity index (χ2v) is 4.42. The third-order valence-electron chi connectivity index (χ3n) is 3.19. The summed E-state index contributed by atoms with van der Waals surface area (Å²) in [6.45, 7) is 3.16. The van der Waals surface area contributed by atoms with Crippen molar-refractivity contribution in [2.75, 3.05) is 6.54 Å². The lowest BCUT2D eigenvalue weighted by molar-refractivity contribution is 0.398. The van der Waals surface area contributed by atoms with E-state index >= 15 is 0 Å². The second-order valence-electron chi connectivity index (χ2n) is 4.42. The van der Waals surface area contributed by atoms with Crippen LogP contribution in [0.1, 0.15) is 30.4 Å². The molecule has 2 heteroatoms. The highest BCUT2D eigenvalue weighted by Crippen LogP contribution is 2.16. The van der Waals surface area contributed by atoms with Gasteiger partial charge >= 0.3 is 0 Å². The van der Waals surface area contributed by atoms with E-state index in [-0.39, 0.29) is 5.82 Å². The van der Waals surface area contributed by atoms with Crippen molar-refractivity contribution >= 4 is 0 Å². The Morgan fingerprint density at radius 3 is 3.00 bits per heavy atom. The molecule has 1 aromatic carbocycles. The summed E-state index contributed by atoms with van der Waals surface area (Å²) in [5.74, 6) is -0.119. The zero-order chi connectivity index (χ0) is 10.7. The summed E-state index contributed by atoms with van der Waals surface area (Å²) in [7, 11) is 0. The molecule has 1 aromatic rings. The monoisotopic (exact) mass is 207 g/mol. The fraction of sp³-hybridized carbons (Fsp3) is 0.538. The molecule has 0 aliphatic carbocycles. The topological polar surface area (TPSA) is 12.0 Å². The van der Waals surface area contributed by atoms with Gasteiger partial charge < -0.3 is 5.32 Å². The minimum absolute atomic E-state index is 0.119. The van der Waals surface area contributed by atoms with Gasteiger partial charge in [-0.2, -0.15) is 0 Å². The highest BCUT2D eigenvalue weighted by atomic mass is 19.1. The van der Waals surface area contributed by atoms with E-state index < -0.39 is 0 Å². The lowest BCUT2D eigenvalue weighted by atomic mass is 9.95. The molecule has 1 nitrogen and oxygen atoms in total. The van der Waals surface area contributed by atoms with Crippen LogP contribution in [-0.2, 0) is 6.42 Å². The van der Waals surface area contributed by atoms with Gasteiger partial charge in [0, 0.05) is 6.04 Å². The molecule has 1 heterocycles. The van der Waals surface area contributed by atoms with Gasteiger partial charge in [0.05, 0.1) is 0 Å². The average molecular weight is 207 g/mol. The van der Waals surface area contributed by atoms with Crippen molar-refractivity contribution in [2.24, 2.45) is 0 Å². The van der Waals surface area contributed by atoms with Crippen molar-refractivity contribution in [1.82, 2.24) is 5.32 Å². The molecule has 1 aliphatic heterocycles. The first-order valence-electron chi connectivity index (χ1n) is 5.74. The number of piperidine rings is 1. The number of aryl methyl sites for hydroxylation is 1. The van der Waals surface area contributed by atoms with E-state index in [0.29, 0.717) is 6.04 Å². The Morgan fingerprint density at radius 2 is 2.27 bits per heavy atom. The third kappa shape index (κ3) is 2.78. The molecule has 2 rings (SSSR count). The smallest absolute Gasteiger partial charge is 0.123 e. The summed E-state index contributed by atoms with van der Waals surface area (Å²) in [6.07, 6.45) is 4.75. The van der Waals surface area contributed by atoms with E-state index in [9.17, 15) is 4.39 Å². The Labute approximate surface area is 90.7 Å². The van der Waals surface area contributed by atoms with Crippen LogP contribution >= 0.6 is 0 Å². The SMILES string of the molecule is Cc1ccc(F)cc1CC1CCCCN1. The molecule has 0 aromatic heterocycles. The molecule has 0 amide bonds. The highest BCUT2D eigenvalue weighted by molar-refractivity contribution is 5.27. The maximum atomic E-state index is 13.1. The van der Waals surface area contributed by atoms with Crippen LogP contribution in [0.15, 0.2) is 18.2 Å². The molecular formula is C13H18FN. The molecule has 15 heavy (non-hydrogen) atoms. The molecule has 1 unspecified atom stereocenters. The predicted octanol–water partition coefficient (Wildman–Crippen LogP) is 2.82. The molecular weight excluding hydrogens is 189 g/mol. The van der Waals surface area contributed by atoms with E-state index in [2.05, 4.69) is 12.2 Å². The Hall–Kier alpha value is -0.890. The van der Waals surface area contributed by atoms with Crippen LogP contribution in [0.2, 0.25) is 0 Å². The number of rotatable bonds is 2. The van der Waals surface area contributed by atoms with Crippen LogP contribution in [-0.4, -0.2) is 12.6 Å². The van der Waals surface area contributed by atoms with Crippen LogP contribution < -0.4 is 5.32 Å². The third-order valence-corrected chi connectivity index (χ3v) is 3.19. The van der Waals surface area contributed by atoms with Crippen LogP contribution in [0, 0.1) is 12.7 Å². The number of halogens is 1. The number of hydrogen-bond donors (Lipinski definition) is 1. The summed E-state index contributed by atoms with van der Waals surface area (Å²) >= 11 is 0. The van der Waals surface area contributed by atoms with E-state index in [1.807, 2.05) is 6.07 Å². The van der Waals surface area contributed by atoms with Gasteiger partial charge in [0.15, 0.2) is 0 Å². The first-order chi connectivity index (χ1) is 7.25. The molecule has 0 bridgehead atoms. The van der Waals surface area contributed by atoms with Gasteiger partial charge in [0.25, 0.3) is 0 Å². The summed E-state index contributed by atoms with van der Waals surface area (Å²) in [5, 5.41) is 3.49. The Kier molecular flexibility index (Phi) is 3.37. The summed E-state index contributed by atoms with van der Waals surface area (Å²) in [4.78, 5) is 0. The van der Waals surface area contributed by atoms with Crippen molar-refractivity contribution in [3.8, 4) is 0 Å². The van der Waals surface area contributed by atoms with Gasteiger partial charge in [-0.15, -0.1) is 0 Å². The van der Waals surface area contributed by atoms with Gasteiger partial charge in [-0.1, -0.05) is 12.5 Å². The highest BCUT2D eigenvalue weighted by Gasteiger charge is 2.14. The number of benzene rings is 1. The lowest BCUT2D eigenvalue weighted by Gasteiger charge is -2.24. The average Bonchev–Trinajstić information content (AvgIpc) is 2.25. The second kappa shape index (κ2) is 4.75. The zero-order valence-corrected chi connectivity index (χ0v) is 9.22. The first kappa shape index (κ1) is 10.6. The van der Waals surface area contributed by atoms with E-state index in [0.717, 1.165) is 18.5 Å². The molecule has 0 spiro atoms. The van der Waals surface area contributed by atoms with Gasteiger partial charge in [-0.25, -0.2) is 4.39 Å². The van der Waals surface area contributed by atoms with Gasteiger partial charge in [0.1, 0.15) is 5.82 Å². The summed E-state index contributed by atoms with van der Waals surface area (Å²) in [5.41, 5.74) is 2.35. The molecule has 0 saturated carbocycles. The maximum Gasteiger partial charge on any atom is 0.123 e. The maximum absolute atomic E-state index is 13.1. The number of nitrogens with one attached hydrogen (secondary N) is 1. The Balaban J connectivity index is 2.05. The van der Waals surface area contributed by atoms with E-state index in [1.54, 1.807) is 6.07 Å². The minimum atomic E-state index is -0.119. The van der Waals surface area contributed by atoms with E-state index in [1.165, 1.54) is 30.9 Å². The van der Waals surface area contributed by atoms with E-state index in [4.69, 9.17) is 0 Å². The van der Waals surface area contributed by atoms with Crippen LogP contribution in [0.25, 0.3) is 0 Å². The van der Waals surface area contributed by atoms with Crippen molar-refractivity contribution in [3.05, 3.63) is 35.1 Å². The summed E-state index contributed by atoms with van der Waals surface area (Å²) < 4.78 is 13.1. The lowest BCUT2D eigenvalue weighted by Crippen LogP contribution is -2.35. The van der Waals surface area contributed by atoms with Gasteiger partial charge in [0.2, 0.25) is 0 Å². The molecule has 0 radical (unpaired) electrons. The summed E-state index contributed by atoms with van der Waals surface area (Å²) in [6, 6.07) is 5.62. The van der Waals surface area contributed by atoms with Crippen molar-refractivity contribution in [3.63, 3.8) is 0 Å². The molecule has 1 aliphatic rings. The molecule has 82 valence electrons. The fourth-order valence-corrected chi connectivity index (χ4v) is 2.22. The van der Waals surface area contributed by atoms with Crippen molar-refractivity contribution in [1.29, 1.82) is 0 Å². The molecule has 1 fully saturated rings. The largest absolute Gasteiger partial charge is 0.314 e. The van der Waals surface area contributed by atoms with Crippen LogP contribution in [0.3, 0.4) is 0 Å². The number of hydrogen-bond acceptors (Lipinski definition) is 1. The minimum Gasteiger partial charge on any atom is -0.314 e. The predicted molar refractivity (Wildman–Crippen MR) is 60.5 cm³/mol. The van der Waals surface area contributed by atoms with Gasteiger partial charge in [-0.3, -0.25) is 0 Å². The Bertz CT molecular complexity index is 329. The Morgan fingerprint density at radius 1 is 1.40 bits per heavy atom. The normalized spacial score (nSPS) is 21.6.